The van der Waals surface area contributed by atoms with Gasteiger partial charge in [0.15, 0.2) is 0 Å². The van der Waals surface area contributed by atoms with Crippen LogP contribution in [-0.4, -0.2) is 22.7 Å². The minimum Gasteiger partial charge on any atom is -0.496 e. The SMILES string of the molecule is COc1cc(C)cc(C)c1C(=O)c1c(C)nn(C)c1C. The molecular formula is C16H20N2O2. The quantitative estimate of drug-likeness (QED) is 0.807. The summed E-state index contributed by atoms with van der Waals surface area (Å²) in [5.74, 6) is 0.595. The number of ether oxygens (including phenoxy) is 1. The first-order chi connectivity index (χ1) is 9.36. The van der Waals surface area contributed by atoms with Gasteiger partial charge in [-0.1, -0.05) is 6.07 Å². The van der Waals surface area contributed by atoms with Crippen LogP contribution in [0.1, 0.15) is 38.4 Å². The Kier molecular flexibility index (Phi) is 3.66. The van der Waals surface area contributed by atoms with Crippen LogP contribution in [0.2, 0.25) is 0 Å². The van der Waals surface area contributed by atoms with Gasteiger partial charge in [-0.25, -0.2) is 0 Å². The summed E-state index contributed by atoms with van der Waals surface area (Å²) in [6.07, 6.45) is 0. The number of hydrogen-bond acceptors (Lipinski definition) is 3. The number of hydrogen-bond donors (Lipinski definition) is 0. The number of nitrogens with zero attached hydrogens (tertiary/aromatic N) is 2. The van der Waals surface area contributed by atoms with E-state index in [2.05, 4.69) is 5.10 Å². The molecule has 0 amide bonds. The standard InChI is InChI=1S/C16H20N2O2/c1-9-7-10(2)14(13(8-9)20-6)16(19)15-11(3)17-18(5)12(15)4/h7-8H,1-6H3. The minimum absolute atomic E-state index is 0.0255. The molecule has 0 N–H and O–H groups in total. The molecule has 0 saturated carbocycles. The maximum atomic E-state index is 12.9. The second-order valence-electron chi connectivity index (χ2n) is 5.16. The third-order valence-corrected chi connectivity index (χ3v) is 3.63. The average Bonchev–Trinajstić information content (AvgIpc) is 2.61. The molecule has 2 aromatic rings. The van der Waals surface area contributed by atoms with Crippen molar-refractivity contribution in [3.8, 4) is 5.75 Å². The van der Waals surface area contributed by atoms with Crippen molar-refractivity contribution in [2.75, 3.05) is 7.11 Å². The van der Waals surface area contributed by atoms with E-state index < -0.39 is 0 Å². The molecule has 0 atom stereocenters. The maximum Gasteiger partial charge on any atom is 0.200 e. The Morgan fingerprint density at radius 1 is 1.15 bits per heavy atom. The highest BCUT2D eigenvalue weighted by Gasteiger charge is 2.23. The molecule has 106 valence electrons. The zero-order valence-corrected chi connectivity index (χ0v) is 12.9. The summed E-state index contributed by atoms with van der Waals surface area (Å²) in [7, 11) is 3.44. The molecular weight excluding hydrogens is 252 g/mol. The molecule has 0 aliphatic carbocycles. The smallest absolute Gasteiger partial charge is 0.200 e. The number of carbonyl (C=O) groups excluding carboxylic acids is 1. The second kappa shape index (κ2) is 5.12. The van der Waals surface area contributed by atoms with Gasteiger partial charge in [0, 0.05) is 12.7 Å². The minimum atomic E-state index is -0.0255. The molecule has 1 aromatic heterocycles. The second-order valence-corrected chi connectivity index (χ2v) is 5.16. The van der Waals surface area contributed by atoms with Crippen LogP contribution in [0, 0.1) is 27.7 Å². The zero-order chi connectivity index (χ0) is 15.0. The van der Waals surface area contributed by atoms with Crippen LogP contribution in [0.15, 0.2) is 12.1 Å². The van der Waals surface area contributed by atoms with E-state index in [1.165, 1.54) is 0 Å². The van der Waals surface area contributed by atoms with E-state index >= 15 is 0 Å². The van der Waals surface area contributed by atoms with Crippen molar-refractivity contribution in [2.24, 2.45) is 7.05 Å². The van der Waals surface area contributed by atoms with Crippen LogP contribution in [0.4, 0.5) is 0 Å². The highest BCUT2D eigenvalue weighted by Crippen LogP contribution is 2.28. The zero-order valence-electron chi connectivity index (χ0n) is 12.9. The van der Waals surface area contributed by atoms with Crippen molar-refractivity contribution in [1.82, 2.24) is 9.78 Å². The molecule has 0 saturated heterocycles. The number of aryl methyl sites for hydroxylation is 4. The van der Waals surface area contributed by atoms with Crippen LogP contribution in [0.5, 0.6) is 5.75 Å². The molecule has 0 aliphatic rings. The van der Waals surface area contributed by atoms with E-state index in [1.807, 2.05) is 46.9 Å². The van der Waals surface area contributed by atoms with Crippen LogP contribution in [0.3, 0.4) is 0 Å². The van der Waals surface area contributed by atoms with Gasteiger partial charge in [-0.2, -0.15) is 5.10 Å². The van der Waals surface area contributed by atoms with Gasteiger partial charge in [0.1, 0.15) is 5.75 Å². The van der Waals surface area contributed by atoms with Crippen LogP contribution in [0.25, 0.3) is 0 Å². The summed E-state index contributed by atoms with van der Waals surface area (Å²) in [6.45, 7) is 7.69. The molecule has 0 unspecified atom stereocenters. The van der Waals surface area contributed by atoms with Gasteiger partial charge in [0.2, 0.25) is 5.78 Å². The fourth-order valence-electron chi connectivity index (χ4n) is 2.61. The van der Waals surface area contributed by atoms with Gasteiger partial charge in [0.05, 0.1) is 23.9 Å². The Labute approximate surface area is 119 Å². The largest absolute Gasteiger partial charge is 0.496 e. The van der Waals surface area contributed by atoms with E-state index in [0.29, 0.717) is 16.9 Å². The molecule has 0 aliphatic heterocycles. The lowest BCUT2D eigenvalue weighted by Gasteiger charge is -2.12. The monoisotopic (exact) mass is 272 g/mol. The Morgan fingerprint density at radius 3 is 2.30 bits per heavy atom. The molecule has 20 heavy (non-hydrogen) atoms. The predicted octanol–water partition coefficient (Wildman–Crippen LogP) is 2.89. The summed E-state index contributed by atoms with van der Waals surface area (Å²) >= 11 is 0. The molecule has 0 radical (unpaired) electrons. The van der Waals surface area contributed by atoms with Crippen molar-refractivity contribution in [2.45, 2.75) is 27.7 Å². The normalized spacial score (nSPS) is 10.7. The highest BCUT2D eigenvalue weighted by atomic mass is 16.5. The topological polar surface area (TPSA) is 44.1 Å². The third kappa shape index (κ3) is 2.22. The number of methoxy groups -OCH3 is 1. The Bertz CT molecular complexity index is 684. The van der Waals surface area contributed by atoms with E-state index in [0.717, 1.165) is 22.5 Å². The van der Waals surface area contributed by atoms with Crippen LogP contribution in [-0.2, 0) is 7.05 Å². The molecule has 1 aromatic carbocycles. The molecule has 4 heteroatoms. The number of benzene rings is 1. The molecule has 0 spiro atoms. The lowest BCUT2D eigenvalue weighted by Crippen LogP contribution is -2.09. The fourth-order valence-corrected chi connectivity index (χ4v) is 2.61. The molecule has 0 fully saturated rings. The lowest BCUT2D eigenvalue weighted by molar-refractivity contribution is 0.103. The summed E-state index contributed by atoms with van der Waals surface area (Å²) in [4.78, 5) is 12.9. The van der Waals surface area contributed by atoms with Crippen molar-refractivity contribution in [3.05, 3.63) is 45.8 Å². The third-order valence-electron chi connectivity index (χ3n) is 3.63. The summed E-state index contributed by atoms with van der Waals surface area (Å²) in [5, 5.41) is 4.31. The van der Waals surface area contributed by atoms with Gasteiger partial charge >= 0.3 is 0 Å². The van der Waals surface area contributed by atoms with Crippen molar-refractivity contribution in [1.29, 1.82) is 0 Å². The Hall–Kier alpha value is -2.10. The highest BCUT2D eigenvalue weighted by molar-refractivity contribution is 6.13. The number of rotatable bonds is 3. The van der Waals surface area contributed by atoms with E-state index in [9.17, 15) is 4.79 Å². The maximum absolute atomic E-state index is 12.9. The number of aromatic nitrogens is 2. The van der Waals surface area contributed by atoms with E-state index in [1.54, 1.807) is 11.8 Å². The average molecular weight is 272 g/mol. The van der Waals surface area contributed by atoms with Crippen molar-refractivity contribution in [3.63, 3.8) is 0 Å². The van der Waals surface area contributed by atoms with Crippen LogP contribution < -0.4 is 4.74 Å². The van der Waals surface area contributed by atoms with Gasteiger partial charge in [-0.3, -0.25) is 9.48 Å². The number of carbonyl (C=O) groups is 1. The van der Waals surface area contributed by atoms with Gasteiger partial charge < -0.3 is 4.74 Å². The molecule has 0 bridgehead atoms. The molecule has 1 heterocycles. The van der Waals surface area contributed by atoms with E-state index in [4.69, 9.17) is 4.74 Å². The van der Waals surface area contributed by atoms with E-state index in [-0.39, 0.29) is 5.78 Å². The fraction of sp³-hybridized carbons (Fsp3) is 0.375. The summed E-state index contributed by atoms with van der Waals surface area (Å²) < 4.78 is 7.12. The predicted molar refractivity (Wildman–Crippen MR) is 78.6 cm³/mol. The summed E-state index contributed by atoms with van der Waals surface area (Å²) in [6, 6.07) is 3.89. The van der Waals surface area contributed by atoms with Crippen LogP contribution >= 0.6 is 0 Å². The van der Waals surface area contributed by atoms with Crippen molar-refractivity contribution >= 4 is 5.78 Å². The van der Waals surface area contributed by atoms with Gasteiger partial charge in [-0.15, -0.1) is 0 Å². The first-order valence-corrected chi connectivity index (χ1v) is 6.57. The van der Waals surface area contributed by atoms with Crippen molar-refractivity contribution < 1.29 is 9.53 Å². The molecule has 2 rings (SSSR count). The molecule has 4 nitrogen and oxygen atoms in total. The summed E-state index contributed by atoms with van der Waals surface area (Å²) in [5.41, 5.74) is 4.91. The van der Waals surface area contributed by atoms with Gasteiger partial charge in [0.25, 0.3) is 0 Å². The first kappa shape index (κ1) is 14.3. The Balaban J connectivity index is 2.65. The van der Waals surface area contributed by atoms with Gasteiger partial charge in [-0.05, 0) is 44.9 Å². The Morgan fingerprint density at radius 2 is 1.80 bits per heavy atom. The first-order valence-electron chi connectivity index (χ1n) is 6.57. The number of ketones is 1. The lowest BCUT2D eigenvalue weighted by atomic mass is 9.95.